The number of aryl methyl sites for hydroxylation is 3. The molecule has 4 nitrogen and oxygen atoms in total. The Kier molecular flexibility index (Phi) is 4.71. The lowest BCUT2D eigenvalue weighted by Crippen LogP contribution is -2.08. The van der Waals surface area contributed by atoms with Gasteiger partial charge in [-0.2, -0.15) is 0 Å². The van der Waals surface area contributed by atoms with Gasteiger partial charge in [-0.05, 0) is 39.7 Å². The third kappa shape index (κ3) is 3.22. The molecule has 0 aliphatic rings. The SMILES string of the molecule is CCOCCCNc1nc(C)nc2sc(C)c(C)c12. The van der Waals surface area contributed by atoms with Crippen LogP contribution in [0, 0.1) is 20.8 Å². The van der Waals surface area contributed by atoms with Gasteiger partial charge >= 0.3 is 0 Å². The van der Waals surface area contributed by atoms with Crippen molar-refractivity contribution in [3.05, 3.63) is 16.3 Å². The van der Waals surface area contributed by atoms with E-state index in [-0.39, 0.29) is 0 Å². The summed E-state index contributed by atoms with van der Waals surface area (Å²) < 4.78 is 5.34. The number of hydrogen-bond acceptors (Lipinski definition) is 5. The molecule has 0 aliphatic heterocycles. The monoisotopic (exact) mass is 279 g/mol. The van der Waals surface area contributed by atoms with E-state index in [2.05, 4.69) is 29.1 Å². The fourth-order valence-electron chi connectivity index (χ4n) is 2.01. The normalized spacial score (nSPS) is 11.2. The number of ether oxygens (including phenoxy) is 1. The molecule has 0 atom stereocenters. The van der Waals surface area contributed by atoms with Crippen LogP contribution in [0.25, 0.3) is 10.2 Å². The second-order valence-corrected chi connectivity index (χ2v) is 5.76. The Morgan fingerprint density at radius 1 is 1.21 bits per heavy atom. The van der Waals surface area contributed by atoms with Crippen molar-refractivity contribution in [2.45, 2.75) is 34.1 Å². The van der Waals surface area contributed by atoms with E-state index >= 15 is 0 Å². The van der Waals surface area contributed by atoms with Crippen LogP contribution in [0.5, 0.6) is 0 Å². The van der Waals surface area contributed by atoms with Gasteiger partial charge in [0, 0.05) is 24.6 Å². The Bertz CT molecular complexity index is 565. The Hall–Kier alpha value is -1.20. The molecule has 0 saturated carbocycles. The van der Waals surface area contributed by atoms with Crippen molar-refractivity contribution in [3.63, 3.8) is 0 Å². The largest absolute Gasteiger partial charge is 0.382 e. The first-order valence-electron chi connectivity index (χ1n) is 6.69. The highest BCUT2D eigenvalue weighted by atomic mass is 32.1. The van der Waals surface area contributed by atoms with Gasteiger partial charge in [0.1, 0.15) is 16.5 Å². The number of aromatic nitrogens is 2. The summed E-state index contributed by atoms with van der Waals surface area (Å²) in [4.78, 5) is 11.4. The third-order valence-electron chi connectivity index (χ3n) is 3.10. The Morgan fingerprint density at radius 3 is 2.74 bits per heavy atom. The molecular weight excluding hydrogens is 258 g/mol. The lowest BCUT2D eigenvalue weighted by atomic mass is 10.2. The number of anilines is 1. The Labute approximate surface area is 118 Å². The van der Waals surface area contributed by atoms with Crippen LogP contribution in [0.15, 0.2) is 0 Å². The predicted octanol–water partition coefficient (Wildman–Crippen LogP) is 3.46. The molecule has 2 aromatic heterocycles. The zero-order valence-electron chi connectivity index (χ0n) is 12.0. The Balaban J connectivity index is 2.17. The standard InChI is InChI=1S/C14H21N3OS/c1-5-18-8-6-7-15-13-12-9(2)10(3)19-14(12)17-11(4)16-13/h5-8H2,1-4H3,(H,15,16,17). The minimum atomic E-state index is 0.777. The fourth-order valence-corrected chi connectivity index (χ4v) is 3.08. The molecule has 0 saturated heterocycles. The summed E-state index contributed by atoms with van der Waals surface area (Å²) in [5, 5.41) is 4.59. The van der Waals surface area contributed by atoms with Crippen LogP contribution in [0.1, 0.15) is 29.6 Å². The molecular formula is C14H21N3OS. The molecule has 0 bridgehead atoms. The minimum absolute atomic E-state index is 0.777. The number of rotatable bonds is 6. The van der Waals surface area contributed by atoms with Crippen molar-refractivity contribution in [1.82, 2.24) is 9.97 Å². The maximum atomic E-state index is 5.34. The summed E-state index contributed by atoms with van der Waals surface area (Å²) in [7, 11) is 0. The van der Waals surface area contributed by atoms with E-state index < -0.39 is 0 Å². The Morgan fingerprint density at radius 2 is 2.00 bits per heavy atom. The maximum Gasteiger partial charge on any atom is 0.138 e. The van der Waals surface area contributed by atoms with Crippen molar-refractivity contribution in [1.29, 1.82) is 0 Å². The number of hydrogen-bond donors (Lipinski definition) is 1. The van der Waals surface area contributed by atoms with E-state index in [1.165, 1.54) is 15.8 Å². The van der Waals surface area contributed by atoms with E-state index in [4.69, 9.17) is 4.74 Å². The molecule has 0 aliphatic carbocycles. The molecule has 104 valence electrons. The third-order valence-corrected chi connectivity index (χ3v) is 4.20. The summed E-state index contributed by atoms with van der Waals surface area (Å²) >= 11 is 1.74. The van der Waals surface area contributed by atoms with Gasteiger partial charge in [-0.15, -0.1) is 11.3 Å². The molecule has 0 amide bonds. The maximum absolute atomic E-state index is 5.34. The van der Waals surface area contributed by atoms with Gasteiger partial charge in [0.2, 0.25) is 0 Å². The molecule has 0 radical (unpaired) electrons. The highest BCUT2D eigenvalue weighted by Crippen LogP contribution is 2.33. The molecule has 0 spiro atoms. The zero-order valence-corrected chi connectivity index (χ0v) is 12.9. The van der Waals surface area contributed by atoms with Crippen molar-refractivity contribution >= 4 is 27.4 Å². The van der Waals surface area contributed by atoms with Gasteiger partial charge in [0.15, 0.2) is 0 Å². The first kappa shape index (κ1) is 14.2. The highest BCUT2D eigenvalue weighted by Gasteiger charge is 2.12. The molecule has 5 heteroatoms. The summed E-state index contributed by atoms with van der Waals surface area (Å²) in [6.07, 6.45) is 0.987. The summed E-state index contributed by atoms with van der Waals surface area (Å²) in [6.45, 7) is 10.7. The van der Waals surface area contributed by atoms with Crippen molar-refractivity contribution in [2.75, 3.05) is 25.1 Å². The highest BCUT2D eigenvalue weighted by molar-refractivity contribution is 7.18. The second-order valence-electron chi connectivity index (χ2n) is 4.56. The van der Waals surface area contributed by atoms with Crippen LogP contribution in [0.3, 0.4) is 0 Å². The van der Waals surface area contributed by atoms with Crippen molar-refractivity contribution in [3.8, 4) is 0 Å². The van der Waals surface area contributed by atoms with Gasteiger partial charge < -0.3 is 10.1 Å². The molecule has 2 rings (SSSR count). The molecule has 19 heavy (non-hydrogen) atoms. The van der Waals surface area contributed by atoms with Gasteiger partial charge in [-0.3, -0.25) is 0 Å². The van der Waals surface area contributed by atoms with Crippen LogP contribution in [0.2, 0.25) is 0 Å². The molecule has 2 aromatic rings. The van der Waals surface area contributed by atoms with E-state index in [0.29, 0.717) is 0 Å². The number of nitrogens with zero attached hydrogens (tertiary/aromatic N) is 2. The van der Waals surface area contributed by atoms with E-state index in [1.54, 1.807) is 11.3 Å². The van der Waals surface area contributed by atoms with Crippen molar-refractivity contribution < 1.29 is 4.74 Å². The number of thiophene rings is 1. The zero-order chi connectivity index (χ0) is 13.8. The van der Waals surface area contributed by atoms with Crippen LogP contribution >= 0.6 is 11.3 Å². The predicted molar refractivity (Wildman–Crippen MR) is 81.2 cm³/mol. The summed E-state index contributed by atoms with van der Waals surface area (Å²) in [6, 6.07) is 0. The molecule has 0 aromatic carbocycles. The summed E-state index contributed by atoms with van der Waals surface area (Å²) in [5.74, 6) is 1.78. The quantitative estimate of drug-likeness (QED) is 0.823. The van der Waals surface area contributed by atoms with Crippen LogP contribution in [0.4, 0.5) is 5.82 Å². The van der Waals surface area contributed by atoms with E-state index in [1.807, 2.05) is 13.8 Å². The van der Waals surface area contributed by atoms with Crippen LogP contribution in [-0.2, 0) is 4.74 Å². The molecule has 0 fully saturated rings. The van der Waals surface area contributed by atoms with Gasteiger partial charge in [-0.25, -0.2) is 9.97 Å². The minimum Gasteiger partial charge on any atom is -0.382 e. The van der Waals surface area contributed by atoms with Crippen LogP contribution in [-0.4, -0.2) is 29.7 Å². The van der Waals surface area contributed by atoms with Gasteiger partial charge in [-0.1, -0.05) is 0 Å². The fraction of sp³-hybridized carbons (Fsp3) is 0.571. The first-order chi connectivity index (χ1) is 9.13. The van der Waals surface area contributed by atoms with Gasteiger partial charge in [0.25, 0.3) is 0 Å². The second kappa shape index (κ2) is 6.30. The molecule has 0 unspecified atom stereocenters. The lowest BCUT2D eigenvalue weighted by molar-refractivity contribution is 0.147. The smallest absolute Gasteiger partial charge is 0.138 e. The molecule has 2 heterocycles. The van der Waals surface area contributed by atoms with Crippen molar-refractivity contribution in [2.24, 2.45) is 0 Å². The average Bonchev–Trinajstić information content (AvgIpc) is 2.64. The molecule has 1 N–H and O–H groups in total. The van der Waals surface area contributed by atoms with E-state index in [9.17, 15) is 0 Å². The van der Waals surface area contributed by atoms with Gasteiger partial charge in [0.05, 0.1) is 5.39 Å². The van der Waals surface area contributed by atoms with E-state index in [0.717, 1.165) is 42.7 Å². The average molecular weight is 279 g/mol. The lowest BCUT2D eigenvalue weighted by Gasteiger charge is -2.08. The number of nitrogens with one attached hydrogen (secondary N) is 1. The topological polar surface area (TPSA) is 47.0 Å². The summed E-state index contributed by atoms with van der Waals surface area (Å²) in [5.41, 5.74) is 1.28. The van der Waals surface area contributed by atoms with Crippen LogP contribution < -0.4 is 5.32 Å². The first-order valence-corrected chi connectivity index (χ1v) is 7.51. The number of fused-ring (bicyclic) bond motifs is 1.